The molecule has 5 heteroatoms. The minimum Gasteiger partial charge on any atom is -0.487 e. The molecule has 0 saturated heterocycles. The first kappa shape index (κ1) is 16.1. The van der Waals surface area contributed by atoms with E-state index in [4.69, 9.17) is 27.9 Å². The molecular formula is C16H18Cl2N2O. The maximum absolute atomic E-state index is 5.93. The Balaban J connectivity index is 1.91. The number of ether oxygens (including phenoxy) is 1. The lowest BCUT2D eigenvalue weighted by Crippen LogP contribution is -2.21. The minimum atomic E-state index is 0.383. The standard InChI is InChI=1S/C16H18Cl2N2O/c1-11(2)19-8-12-3-4-15(20-9-12)10-21-16-6-13(17)5-14(18)7-16/h3-7,9,11,19H,8,10H2,1-2H3. The van der Waals surface area contributed by atoms with Gasteiger partial charge in [0.05, 0.1) is 5.69 Å². The topological polar surface area (TPSA) is 34.1 Å². The fourth-order valence-electron chi connectivity index (χ4n) is 1.74. The van der Waals surface area contributed by atoms with Crippen molar-refractivity contribution in [2.75, 3.05) is 0 Å². The number of pyridine rings is 1. The molecule has 0 spiro atoms. The number of hydrogen-bond acceptors (Lipinski definition) is 3. The van der Waals surface area contributed by atoms with Gasteiger partial charge in [-0.1, -0.05) is 43.1 Å². The van der Waals surface area contributed by atoms with E-state index in [2.05, 4.69) is 24.1 Å². The zero-order valence-electron chi connectivity index (χ0n) is 12.1. The van der Waals surface area contributed by atoms with Crippen molar-refractivity contribution in [1.82, 2.24) is 10.3 Å². The van der Waals surface area contributed by atoms with Gasteiger partial charge in [-0.2, -0.15) is 0 Å². The second-order valence-electron chi connectivity index (χ2n) is 5.09. The summed E-state index contributed by atoms with van der Waals surface area (Å²) in [4.78, 5) is 4.39. The van der Waals surface area contributed by atoms with Crippen molar-refractivity contribution in [3.8, 4) is 5.75 Å². The lowest BCUT2D eigenvalue weighted by molar-refractivity contribution is 0.301. The molecule has 1 aromatic heterocycles. The monoisotopic (exact) mass is 324 g/mol. The first-order valence-electron chi connectivity index (χ1n) is 6.79. The highest BCUT2D eigenvalue weighted by Gasteiger charge is 2.02. The molecule has 0 amide bonds. The molecule has 1 N–H and O–H groups in total. The van der Waals surface area contributed by atoms with Crippen LogP contribution >= 0.6 is 23.2 Å². The second kappa shape index (κ2) is 7.64. The minimum absolute atomic E-state index is 0.383. The summed E-state index contributed by atoms with van der Waals surface area (Å²) >= 11 is 11.9. The number of rotatable bonds is 6. The van der Waals surface area contributed by atoms with Gasteiger partial charge in [0.2, 0.25) is 0 Å². The van der Waals surface area contributed by atoms with Crippen LogP contribution in [0.15, 0.2) is 36.5 Å². The molecule has 0 saturated carbocycles. The van der Waals surface area contributed by atoms with E-state index in [1.807, 2.05) is 18.3 Å². The summed E-state index contributed by atoms with van der Waals surface area (Å²) in [5, 5.41) is 4.46. The van der Waals surface area contributed by atoms with Crippen molar-refractivity contribution in [2.24, 2.45) is 0 Å². The molecule has 0 radical (unpaired) electrons. The zero-order valence-corrected chi connectivity index (χ0v) is 13.6. The van der Waals surface area contributed by atoms with Crippen molar-refractivity contribution in [1.29, 1.82) is 0 Å². The second-order valence-corrected chi connectivity index (χ2v) is 5.96. The van der Waals surface area contributed by atoms with Crippen molar-refractivity contribution in [3.63, 3.8) is 0 Å². The molecule has 3 nitrogen and oxygen atoms in total. The highest BCUT2D eigenvalue weighted by molar-refractivity contribution is 6.34. The summed E-state index contributed by atoms with van der Waals surface area (Å²) in [6.07, 6.45) is 1.86. The zero-order chi connectivity index (χ0) is 15.2. The van der Waals surface area contributed by atoms with Crippen LogP contribution in [-0.4, -0.2) is 11.0 Å². The molecular weight excluding hydrogens is 307 g/mol. The Hall–Kier alpha value is -1.29. The normalized spacial score (nSPS) is 10.9. The molecule has 1 heterocycles. The third kappa shape index (κ3) is 5.54. The molecule has 0 aliphatic heterocycles. The summed E-state index contributed by atoms with van der Waals surface area (Å²) in [6, 6.07) is 9.60. The van der Waals surface area contributed by atoms with Gasteiger partial charge in [-0.3, -0.25) is 4.98 Å². The van der Waals surface area contributed by atoms with Gasteiger partial charge in [0.15, 0.2) is 0 Å². The van der Waals surface area contributed by atoms with Gasteiger partial charge in [0, 0.05) is 28.8 Å². The Morgan fingerprint density at radius 1 is 1.14 bits per heavy atom. The number of nitrogens with one attached hydrogen (secondary N) is 1. The van der Waals surface area contributed by atoms with E-state index in [1.54, 1.807) is 18.2 Å². The van der Waals surface area contributed by atoms with E-state index in [9.17, 15) is 0 Å². The number of hydrogen-bond donors (Lipinski definition) is 1. The van der Waals surface area contributed by atoms with Gasteiger partial charge in [-0.25, -0.2) is 0 Å². The molecule has 0 unspecified atom stereocenters. The van der Waals surface area contributed by atoms with E-state index < -0.39 is 0 Å². The summed E-state index contributed by atoms with van der Waals surface area (Å²) in [7, 11) is 0. The van der Waals surface area contributed by atoms with Gasteiger partial charge in [-0.15, -0.1) is 0 Å². The van der Waals surface area contributed by atoms with Crippen LogP contribution in [0.2, 0.25) is 10.0 Å². The number of benzene rings is 1. The fourth-order valence-corrected chi connectivity index (χ4v) is 2.24. The van der Waals surface area contributed by atoms with Crippen LogP contribution in [0.5, 0.6) is 5.75 Å². The van der Waals surface area contributed by atoms with E-state index in [1.165, 1.54) is 0 Å². The Bertz CT molecular complexity index is 565. The largest absolute Gasteiger partial charge is 0.487 e. The van der Waals surface area contributed by atoms with Crippen molar-refractivity contribution in [3.05, 3.63) is 57.8 Å². The fraction of sp³-hybridized carbons (Fsp3) is 0.312. The van der Waals surface area contributed by atoms with Gasteiger partial charge in [0.1, 0.15) is 12.4 Å². The molecule has 0 aliphatic carbocycles. The molecule has 0 bridgehead atoms. The van der Waals surface area contributed by atoms with E-state index in [0.717, 1.165) is 17.8 Å². The Morgan fingerprint density at radius 3 is 2.43 bits per heavy atom. The van der Waals surface area contributed by atoms with Crippen molar-refractivity contribution in [2.45, 2.75) is 33.0 Å². The SMILES string of the molecule is CC(C)NCc1ccc(COc2cc(Cl)cc(Cl)c2)nc1. The lowest BCUT2D eigenvalue weighted by Gasteiger charge is -2.09. The highest BCUT2D eigenvalue weighted by atomic mass is 35.5. The molecule has 0 fully saturated rings. The number of nitrogens with zero attached hydrogens (tertiary/aromatic N) is 1. The molecule has 0 aliphatic rings. The molecule has 2 rings (SSSR count). The Kier molecular flexibility index (Phi) is 5.85. The average Bonchev–Trinajstić information content (AvgIpc) is 2.43. The lowest BCUT2D eigenvalue weighted by atomic mass is 10.2. The van der Waals surface area contributed by atoms with Crippen LogP contribution in [0.1, 0.15) is 25.1 Å². The van der Waals surface area contributed by atoms with E-state index in [0.29, 0.717) is 28.4 Å². The van der Waals surface area contributed by atoms with Gasteiger partial charge in [0.25, 0.3) is 0 Å². The van der Waals surface area contributed by atoms with Crippen LogP contribution in [-0.2, 0) is 13.2 Å². The third-order valence-corrected chi connectivity index (χ3v) is 3.26. The summed E-state index contributed by atoms with van der Waals surface area (Å²) in [5.41, 5.74) is 2.01. The summed E-state index contributed by atoms with van der Waals surface area (Å²) in [5.74, 6) is 0.639. The maximum Gasteiger partial charge on any atom is 0.130 e. The number of aromatic nitrogens is 1. The first-order chi connectivity index (χ1) is 10.0. The third-order valence-electron chi connectivity index (χ3n) is 2.82. The van der Waals surface area contributed by atoms with Gasteiger partial charge >= 0.3 is 0 Å². The van der Waals surface area contributed by atoms with Gasteiger partial charge in [-0.05, 0) is 29.8 Å². The van der Waals surface area contributed by atoms with Crippen LogP contribution < -0.4 is 10.1 Å². The van der Waals surface area contributed by atoms with E-state index >= 15 is 0 Å². The van der Waals surface area contributed by atoms with Crippen molar-refractivity contribution < 1.29 is 4.74 Å². The smallest absolute Gasteiger partial charge is 0.130 e. The van der Waals surface area contributed by atoms with E-state index in [-0.39, 0.29) is 0 Å². The van der Waals surface area contributed by atoms with Crippen LogP contribution in [0.4, 0.5) is 0 Å². The summed E-state index contributed by atoms with van der Waals surface area (Å²) < 4.78 is 5.64. The quantitative estimate of drug-likeness (QED) is 0.851. The Morgan fingerprint density at radius 2 is 1.86 bits per heavy atom. The Labute approximate surface area is 135 Å². The maximum atomic E-state index is 5.93. The molecule has 0 atom stereocenters. The van der Waals surface area contributed by atoms with Gasteiger partial charge < -0.3 is 10.1 Å². The van der Waals surface area contributed by atoms with Crippen LogP contribution in [0, 0.1) is 0 Å². The summed E-state index contributed by atoms with van der Waals surface area (Å²) in [6.45, 7) is 5.43. The predicted molar refractivity (Wildman–Crippen MR) is 87.0 cm³/mol. The highest BCUT2D eigenvalue weighted by Crippen LogP contribution is 2.24. The number of halogens is 2. The molecule has 2 aromatic rings. The van der Waals surface area contributed by atoms with Crippen LogP contribution in [0.25, 0.3) is 0 Å². The molecule has 1 aromatic carbocycles. The molecule has 112 valence electrons. The van der Waals surface area contributed by atoms with Crippen LogP contribution in [0.3, 0.4) is 0 Å². The predicted octanol–water partition coefficient (Wildman–Crippen LogP) is 4.47. The van der Waals surface area contributed by atoms with Crippen molar-refractivity contribution >= 4 is 23.2 Å². The first-order valence-corrected chi connectivity index (χ1v) is 7.54. The molecule has 21 heavy (non-hydrogen) atoms. The average molecular weight is 325 g/mol.